The van der Waals surface area contributed by atoms with Gasteiger partial charge >= 0.3 is 0 Å². The van der Waals surface area contributed by atoms with Crippen molar-refractivity contribution in [3.05, 3.63) is 29.8 Å². The van der Waals surface area contributed by atoms with Crippen LogP contribution in [0.5, 0.6) is 5.75 Å². The summed E-state index contributed by atoms with van der Waals surface area (Å²) in [5.41, 5.74) is 7.00. The highest BCUT2D eigenvalue weighted by Crippen LogP contribution is 2.25. The lowest BCUT2D eigenvalue weighted by Gasteiger charge is -2.26. The second-order valence-corrected chi connectivity index (χ2v) is 4.82. The zero-order valence-electron chi connectivity index (χ0n) is 11.2. The molecule has 0 aliphatic carbocycles. The molecule has 2 N–H and O–H groups in total. The first-order chi connectivity index (χ1) is 7.95. The van der Waals surface area contributed by atoms with Gasteiger partial charge in [-0.1, -0.05) is 12.1 Å². The molecule has 0 aliphatic heterocycles. The number of nitrogens with two attached hydrogens (primary N) is 1. The summed E-state index contributed by atoms with van der Waals surface area (Å²) in [6.07, 6.45) is 1.04. The predicted molar refractivity (Wildman–Crippen MR) is 70.2 cm³/mol. The zero-order chi connectivity index (χ0) is 12.9. The fraction of sp³-hybridized carbons (Fsp3) is 0.571. The molecule has 0 radical (unpaired) electrons. The van der Waals surface area contributed by atoms with Gasteiger partial charge in [-0.25, -0.2) is 0 Å². The molecule has 1 rings (SSSR count). The maximum Gasteiger partial charge on any atom is 0.119 e. The van der Waals surface area contributed by atoms with E-state index in [2.05, 4.69) is 0 Å². The lowest BCUT2D eigenvalue weighted by atomic mass is 9.90. The van der Waals surface area contributed by atoms with Gasteiger partial charge in [0.2, 0.25) is 0 Å². The SMILES string of the molecule is COc1cccc(C(C)(N)CCOC(C)C)c1. The highest BCUT2D eigenvalue weighted by atomic mass is 16.5. The Labute approximate surface area is 104 Å². The smallest absolute Gasteiger partial charge is 0.119 e. The molecule has 0 fully saturated rings. The van der Waals surface area contributed by atoms with Crippen molar-refractivity contribution >= 4 is 0 Å². The van der Waals surface area contributed by atoms with Crippen LogP contribution in [0.15, 0.2) is 24.3 Å². The molecule has 3 nitrogen and oxygen atoms in total. The van der Waals surface area contributed by atoms with Gasteiger partial charge in [0, 0.05) is 12.1 Å². The molecule has 96 valence electrons. The van der Waals surface area contributed by atoms with Crippen molar-refractivity contribution in [3.63, 3.8) is 0 Å². The van der Waals surface area contributed by atoms with Crippen molar-refractivity contribution in [2.45, 2.75) is 38.8 Å². The van der Waals surface area contributed by atoms with Crippen molar-refractivity contribution in [2.75, 3.05) is 13.7 Å². The minimum atomic E-state index is -0.385. The average molecular weight is 237 g/mol. The van der Waals surface area contributed by atoms with Crippen molar-refractivity contribution in [1.82, 2.24) is 0 Å². The summed E-state index contributed by atoms with van der Waals surface area (Å²) >= 11 is 0. The first kappa shape index (κ1) is 14.0. The van der Waals surface area contributed by atoms with Gasteiger partial charge in [-0.15, -0.1) is 0 Å². The Balaban J connectivity index is 2.67. The molecule has 0 saturated heterocycles. The van der Waals surface area contributed by atoms with Gasteiger partial charge in [-0.2, -0.15) is 0 Å². The van der Waals surface area contributed by atoms with Gasteiger partial charge in [0.1, 0.15) is 5.75 Å². The van der Waals surface area contributed by atoms with Crippen LogP contribution in [0.2, 0.25) is 0 Å². The number of hydrogen-bond donors (Lipinski definition) is 1. The Morgan fingerprint density at radius 1 is 1.35 bits per heavy atom. The van der Waals surface area contributed by atoms with Crippen LogP contribution in [0.4, 0.5) is 0 Å². The second kappa shape index (κ2) is 6.03. The highest BCUT2D eigenvalue weighted by Gasteiger charge is 2.21. The van der Waals surface area contributed by atoms with Gasteiger partial charge in [-0.3, -0.25) is 0 Å². The summed E-state index contributed by atoms with van der Waals surface area (Å²) in [6, 6.07) is 7.89. The normalized spacial score (nSPS) is 14.7. The average Bonchev–Trinajstić information content (AvgIpc) is 2.28. The van der Waals surface area contributed by atoms with E-state index in [1.165, 1.54) is 0 Å². The van der Waals surface area contributed by atoms with Crippen LogP contribution in [0.25, 0.3) is 0 Å². The van der Waals surface area contributed by atoms with E-state index in [0.29, 0.717) is 6.61 Å². The maximum atomic E-state index is 6.31. The van der Waals surface area contributed by atoms with Crippen LogP contribution in [0.1, 0.15) is 32.8 Å². The molecule has 1 atom stereocenters. The molecule has 0 heterocycles. The fourth-order valence-corrected chi connectivity index (χ4v) is 1.63. The first-order valence-electron chi connectivity index (χ1n) is 6.01. The number of ether oxygens (including phenoxy) is 2. The van der Waals surface area contributed by atoms with Gasteiger partial charge in [0.05, 0.1) is 13.2 Å². The molecule has 0 saturated carbocycles. The Morgan fingerprint density at radius 3 is 2.65 bits per heavy atom. The van der Waals surface area contributed by atoms with Gasteiger partial charge in [0.25, 0.3) is 0 Å². The highest BCUT2D eigenvalue weighted by molar-refractivity contribution is 5.32. The minimum Gasteiger partial charge on any atom is -0.497 e. The molecule has 0 aromatic heterocycles. The van der Waals surface area contributed by atoms with Crippen LogP contribution in [0.3, 0.4) is 0 Å². The first-order valence-corrected chi connectivity index (χ1v) is 6.01. The Bertz CT molecular complexity index is 348. The van der Waals surface area contributed by atoms with Crippen molar-refractivity contribution in [2.24, 2.45) is 5.73 Å². The monoisotopic (exact) mass is 237 g/mol. The van der Waals surface area contributed by atoms with Crippen LogP contribution < -0.4 is 10.5 Å². The molecule has 1 unspecified atom stereocenters. The molecule has 3 heteroatoms. The molecule has 1 aromatic carbocycles. The van der Waals surface area contributed by atoms with Crippen LogP contribution in [-0.4, -0.2) is 19.8 Å². The lowest BCUT2D eigenvalue weighted by molar-refractivity contribution is 0.0660. The number of methoxy groups -OCH3 is 1. The molecular weight excluding hydrogens is 214 g/mol. The van der Waals surface area contributed by atoms with Crippen LogP contribution in [0, 0.1) is 0 Å². The molecule has 0 bridgehead atoms. The van der Waals surface area contributed by atoms with Gasteiger partial charge < -0.3 is 15.2 Å². The largest absolute Gasteiger partial charge is 0.497 e. The molecule has 0 spiro atoms. The third kappa shape index (κ3) is 4.36. The quantitative estimate of drug-likeness (QED) is 0.827. The van der Waals surface area contributed by atoms with E-state index in [4.69, 9.17) is 15.2 Å². The molecule has 17 heavy (non-hydrogen) atoms. The Morgan fingerprint density at radius 2 is 2.06 bits per heavy atom. The van der Waals surface area contributed by atoms with Gasteiger partial charge in [-0.05, 0) is 44.9 Å². The molecular formula is C14H23NO2. The third-order valence-corrected chi connectivity index (χ3v) is 2.80. The fourth-order valence-electron chi connectivity index (χ4n) is 1.63. The topological polar surface area (TPSA) is 44.5 Å². The minimum absolute atomic E-state index is 0.246. The zero-order valence-corrected chi connectivity index (χ0v) is 11.2. The Kier molecular flexibility index (Phi) is 4.97. The maximum absolute atomic E-state index is 6.31. The van der Waals surface area contributed by atoms with E-state index in [0.717, 1.165) is 17.7 Å². The lowest BCUT2D eigenvalue weighted by Crippen LogP contribution is -2.34. The second-order valence-electron chi connectivity index (χ2n) is 4.82. The van der Waals surface area contributed by atoms with Crippen molar-refractivity contribution in [1.29, 1.82) is 0 Å². The summed E-state index contributed by atoms with van der Waals surface area (Å²) in [4.78, 5) is 0. The van der Waals surface area contributed by atoms with E-state index in [-0.39, 0.29) is 11.6 Å². The standard InChI is InChI=1S/C14H23NO2/c1-11(2)17-9-8-14(3,15)12-6-5-7-13(10-12)16-4/h5-7,10-11H,8-9,15H2,1-4H3. The van der Waals surface area contributed by atoms with E-state index in [1.807, 2.05) is 45.0 Å². The summed E-state index contributed by atoms with van der Waals surface area (Å²) in [7, 11) is 1.66. The summed E-state index contributed by atoms with van der Waals surface area (Å²) in [5.74, 6) is 0.837. The third-order valence-electron chi connectivity index (χ3n) is 2.80. The summed E-state index contributed by atoms with van der Waals surface area (Å²) in [6.45, 7) is 6.74. The van der Waals surface area contributed by atoms with E-state index in [9.17, 15) is 0 Å². The van der Waals surface area contributed by atoms with Crippen molar-refractivity contribution < 1.29 is 9.47 Å². The van der Waals surface area contributed by atoms with Crippen molar-refractivity contribution in [3.8, 4) is 5.75 Å². The molecule has 0 amide bonds. The predicted octanol–water partition coefficient (Wildman–Crippen LogP) is 2.68. The van der Waals surface area contributed by atoms with E-state index in [1.54, 1.807) is 7.11 Å². The molecule has 1 aromatic rings. The summed E-state index contributed by atoms with van der Waals surface area (Å²) < 4.78 is 10.8. The number of rotatable bonds is 6. The van der Waals surface area contributed by atoms with Gasteiger partial charge in [0.15, 0.2) is 0 Å². The molecule has 0 aliphatic rings. The van der Waals surface area contributed by atoms with E-state index >= 15 is 0 Å². The summed E-state index contributed by atoms with van der Waals surface area (Å²) in [5, 5.41) is 0. The number of benzene rings is 1. The van der Waals surface area contributed by atoms with Crippen LogP contribution >= 0.6 is 0 Å². The van der Waals surface area contributed by atoms with E-state index < -0.39 is 0 Å². The van der Waals surface area contributed by atoms with Crippen LogP contribution in [-0.2, 0) is 10.3 Å². The Hall–Kier alpha value is -1.06. The number of hydrogen-bond acceptors (Lipinski definition) is 3.